The molecule has 6 rings (SSSR count). The molecule has 0 aliphatic carbocycles. The van der Waals surface area contributed by atoms with E-state index in [1.54, 1.807) is 25.7 Å². The number of nitrogens with one attached hydrogen (secondary N) is 1. The molecule has 2 saturated heterocycles. The van der Waals surface area contributed by atoms with Gasteiger partial charge in [-0.05, 0) is 72.6 Å². The van der Waals surface area contributed by atoms with Crippen molar-refractivity contribution in [2.45, 2.75) is 84.1 Å². The summed E-state index contributed by atoms with van der Waals surface area (Å²) in [7, 11) is 1.38. The fourth-order valence-electron chi connectivity index (χ4n) is 6.30. The van der Waals surface area contributed by atoms with Gasteiger partial charge in [-0.2, -0.15) is 9.97 Å². The fraction of sp³-hybridized carbons (Fsp3) is 0.485. The largest absolute Gasteiger partial charge is 0.467 e. The number of carbonyl (C=O) groups is 2. The Kier molecular flexibility index (Phi) is 8.97. The van der Waals surface area contributed by atoms with E-state index >= 15 is 13.2 Å². The van der Waals surface area contributed by atoms with E-state index in [1.807, 2.05) is 25.7 Å². The number of nitrogens with zero attached hydrogens (tertiary/aromatic N) is 5. The van der Waals surface area contributed by atoms with Crippen LogP contribution in [0.3, 0.4) is 0 Å². The number of methoxy groups -OCH3 is 1. The molecule has 2 amide bonds. The maximum atomic E-state index is 15.1. The van der Waals surface area contributed by atoms with E-state index in [1.165, 1.54) is 19.2 Å². The molecule has 2 aromatic heterocycles. The van der Waals surface area contributed by atoms with Crippen LogP contribution in [-0.2, 0) is 9.47 Å². The van der Waals surface area contributed by atoms with Gasteiger partial charge in [0.2, 0.25) is 0 Å². The van der Waals surface area contributed by atoms with Crippen molar-refractivity contribution in [1.82, 2.24) is 19.9 Å². The first-order valence-electron chi connectivity index (χ1n) is 15.7. The number of benzene rings is 2. The number of rotatable bonds is 5. The fourth-order valence-corrected chi connectivity index (χ4v) is 7.54. The van der Waals surface area contributed by atoms with Gasteiger partial charge < -0.3 is 19.1 Å². The molecule has 11 nitrogen and oxygen atoms in total. The van der Waals surface area contributed by atoms with E-state index in [4.69, 9.17) is 25.8 Å². The van der Waals surface area contributed by atoms with Crippen LogP contribution in [0.15, 0.2) is 18.2 Å². The molecular formula is C33H36ClF3N6O5S. The molecule has 4 heterocycles. The summed E-state index contributed by atoms with van der Waals surface area (Å²) in [5.41, 5.74) is -1.70. The number of hydrogen-bond donors (Lipinski definition) is 1. The molecule has 16 heteroatoms. The first kappa shape index (κ1) is 34.7. The van der Waals surface area contributed by atoms with Gasteiger partial charge in [0.1, 0.15) is 22.8 Å². The van der Waals surface area contributed by atoms with Crippen LogP contribution in [0, 0.1) is 5.82 Å². The third kappa shape index (κ3) is 6.87. The smallest absolute Gasteiger partial charge is 0.413 e. The molecule has 2 fully saturated rings. The quantitative estimate of drug-likeness (QED) is 0.216. The number of amides is 2. The Morgan fingerprint density at radius 3 is 2.24 bits per heavy atom. The minimum atomic E-state index is -3.01. The standard InChI is InChI=1S/C33H36ClF3N6O5S/c1-32(2,3)47-30(44)41-29-39-24-17(10-11-20(35)25(24)49-29)21-18(26(36)37)12-19-23(22(21)34)38-28(46-7)40-27(19)42-13-15-8-9-16(14-42)43(15)31(45)48-33(4,5)6/h10-12,15-16,26H,8-9,13-14H2,1-7H3,(H,39,41,44). The molecule has 2 aliphatic rings. The van der Waals surface area contributed by atoms with Crippen LogP contribution in [0.4, 0.5) is 33.7 Å². The molecule has 2 aliphatic heterocycles. The first-order chi connectivity index (χ1) is 22.9. The summed E-state index contributed by atoms with van der Waals surface area (Å²) >= 11 is 7.82. The summed E-state index contributed by atoms with van der Waals surface area (Å²) in [4.78, 5) is 42.6. The van der Waals surface area contributed by atoms with Crippen molar-refractivity contribution >= 4 is 67.2 Å². The van der Waals surface area contributed by atoms with Gasteiger partial charge in [-0.15, -0.1) is 0 Å². The normalized spacial score (nSPS) is 18.0. The van der Waals surface area contributed by atoms with Crippen molar-refractivity contribution in [3.05, 3.63) is 34.6 Å². The Labute approximate surface area is 289 Å². The SMILES string of the molecule is COc1nc(N2CC3CCC(C2)N3C(=O)OC(C)(C)C)c2cc(C(F)F)c(-c3ccc(F)c4sc(NC(=O)OC(C)(C)C)nc34)c(Cl)c2n1. The van der Waals surface area contributed by atoms with Crippen molar-refractivity contribution in [3.8, 4) is 17.1 Å². The lowest BCUT2D eigenvalue weighted by Crippen LogP contribution is -2.57. The average molecular weight is 721 g/mol. The number of ether oxygens (including phenoxy) is 3. The highest BCUT2D eigenvalue weighted by Crippen LogP contribution is 2.47. The van der Waals surface area contributed by atoms with Gasteiger partial charge in [-0.3, -0.25) is 10.2 Å². The summed E-state index contributed by atoms with van der Waals surface area (Å²) in [5.74, 6) is -0.324. The zero-order valence-corrected chi connectivity index (χ0v) is 29.6. The van der Waals surface area contributed by atoms with Gasteiger partial charge in [-0.25, -0.2) is 27.7 Å². The molecule has 2 atom stereocenters. The Morgan fingerprint density at radius 2 is 1.65 bits per heavy atom. The van der Waals surface area contributed by atoms with Crippen LogP contribution in [0.25, 0.3) is 32.2 Å². The summed E-state index contributed by atoms with van der Waals surface area (Å²) in [6, 6.07) is 3.34. The Morgan fingerprint density at radius 1 is 1.00 bits per heavy atom. The third-order valence-electron chi connectivity index (χ3n) is 8.10. The highest BCUT2D eigenvalue weighted by Gasteiger charge is 2.45. The second-order valence-corrected chi connectivity index (χ2v) is 15.4. The minimum Gasteiger partial charge on any atom is -0.467 e. The van der Waals surface area contributed by atoms with Gasteiger partial charge >= 0.3 is 18.2 Å². The van der Waals surface area contributed by atoms with Crippen molar-refractivity contribution < 1.29 is 37.0 Å². The number of hydrogen-bond acceptors (Lipinski definition) is 10. The second kappa shape index (κ2) is 12.7. The van der Waals surface area contributed by atoms with Crippen molar-refractivity contribution in [2.75, 3.05) is 30.4 Å². The van der Waals surface area contributed by atoms with Crippen LogP contribution in [0.1, 0.15) is 66.4 Å². The maximum absolute atomic E-state index is 15.1. The number of piperazine rings is 1. The van der Waals surface area contributed by atoms with Crippen LogP contribution in [0.2, 0.25) is 5.02 Å². The molecule has 4 aromatic rings. The van der Waals surface area contributed by atoms with Gasteiger partial charge in [0.25, 0.3) is 6.43 Å². The van der Waals surface area contributed by atoms with Gasteiger partial charge in [-0.1, -0.05) is 22.9 Å². The molecule has 49 heavy (non-hydrogen) atoms. The van der Waals surface area contributed by atoms with Crippen LogP contribution in [0.5, 0.6) is 6.01 Å². The molecule has 2 aromatic carbocycles. The lowest BCUT2D eigenvalue weighted by atomic mass is 9.96. The highest BCUT2D eigenvalue weighted by atomic mass is 35.5. The molecule has 262 valence electrons. The molecule has 0 spiro atoms. The predicted molar refractivity (Wildman–Crippen MR) is 182 cm³/mol. The number of anilines is 2. The van der Waals surface area contributed by atoms with Crippen LogP contribution in [-0.4, -0.2) is 75.5 Å². The molecule has 0 saturated carbocycles. The van der Waals surface area contributed by atoms with Gasteiger partial charge in [0.05, 0.1) is 39.9 Å². The number of alkyl halides is 2. The van der Waals surface area contributed by atoms with Gasteiger partial charge in [0, 0.05) is 35.2 Å². The topological polar surface area (TPSA) is 119 Å². The zero-order valence-electron chi connectivity index (χ0n) is 28.0. The van der Waals surface area contributed by atoms with E-state index in [0.29, 0.717) is 18.9 Å². The second-order valence-electron chi connectivity index (χ2n) is 14.0. The zero-order chi connectivity index (χ0) is 35.6. The van der Waals surface area contributed by atoms with E-state index in [9.17, 15) is 9.59 Å². The maximum Gasteiger partial charge on any atom is 0.413 e. The molecular weight excluding hydrogens is 685 g/mol. The molecule has 1 N–H and O–H groups in total. The van der Waals surface area contributed by atoms with E-state index in [-0.39, 0.29) is 60.5 Å². The number of halogens is 4. The first-order valence-corrected chi connectivity index (χ1v) is 16.9. The third-order valence-corrected chi connectivity index (χ3v) is 9.44. The van der Waals surface area contributed by atoms with Crippen LogP contribution >= 0.6 is 22.9 Å². The Bertz CT molecular complexity index is 1950. The Hall–Kier alpha value is -4.11. The summed E-state index contributed by atoms with van der Waals surface area (Å²) in [5, 5.41) is 2.63. The highest BCUT2D eigenvalue weighted by molar-refractivity contribution is 7.22. The predicted octanol–water partition coefficient (Wildman–Crippen LogP) is 8.58. The molecule has 2 unspecified atom stereocenters. The van der Waals surface area contributed by atoms with E-state index in [2.05, 4.69) is 20.3 Å². The van der Waals surface area contributed by atoms with Crippen molar-refractivity contribution in [2.24, 2.45) is 0 Å². The summed E-state index contributed by atoms with van der Waals surface area (Å²) < 4.78 is 61.5. The molecule has 0 radical (unpaired) electrons. The number of fused-ring (bicyclic) bond motifs is 4. The van der Waals surface area contributed by atoms with E-state index in [0.717, 1.165) is 30.2 Å². The van der Waals surface area contributed by atoms with Crippen molar-refractivity contribution in [1.29, 1.82) is 0 Å². The van der Waals surface area contributed by atoms with Crippen molar-refractivity contribution in [3.63, 3.8) is 0 Å². The lowest BCUT2D eigenvalue weighted by Gasteiger charge is -2.42. The summed E-state index contributed by atoms with van der Waals surface area (Å²) in [6.07, 6.45) is -2.72. The number of aromatic nitrogens is 3. The van der Waals surface area contributed by atoms with E-state index < -0.39 is 41.2 Å². The average Bonchev–Trinajstić information content (AvgIpc) is 3.53. The van der Waals surface area contributed by atoms with Crippen LogP contribution < -0.4 is 15.0 Å². The Balaban J connectivity index is 1.45. The lowest BCUT2D eigenvalue weighted by molar-refractivity contribution is 0.0122. The summed E-state index contributed by atoms with van der Waals surface area (Å²) in [6.45, 7) is 11.3. The number of carbonyl (C=O) groups excluding carboxylic acids is 2. The molecule has 2 bridgehead atoms. The van der Waals surface area contributed by atoms with Gasteiger partial charge in [0.15, 0.2) is 5.13 Å². The minimum absolute atomic E-state index is 0.0116. The number of thiazole rings is 1. The monoisotopic (exact) mass is 720 g/mol.